The van der Waals surface area contributed by atoms with Crippen LogP contribution in [0.1, 0.15) is 30.9 Å². The molecule has 0 saturated carbocycles. The molecular formula is C20H20N4O5. The van der Waals surface area contributed by atoms with Crippen LogP contribution in [0.3, 0.4) is 0 Å². The average Bonchev–Trinajstić information content (AvgIpc) is 2.98. The maximum absolute atomic E-state index is 12.1. The van der Waals surface area contributed by atoms with Crippen LogP contribution in [-0.2, 0) is 4.79 Å². The standard InChI is InChI=1S/C20H20N4O5/c1-11(2)14-6-4-12(3)8-17(14)29-10-18(25)22-23-19-15-9-13(24(27)28)5-7-16(15)21-20(19)26/h4-9,11,21,26H,10H2,1-3H3. The molecule has 3 rings (SSSR count). The third kappa shape index (κ3) is 4.40. The zero-order valence-corrected chi connectivity index (χ0v) is 16.2. The number of nitro benzene ring substituents is 1. The van der Waals surface area contributed by atoms with Crippen LogP contribution in [0.5, 0.6) is 11.6 Å². The number of hydrogen-bond acceptors (Lipinski definition) is 6. The summed E-state index contributed by atoms with van der Waals surface area (Å²) in [5, 5.41) is 28.6. The Morgan fingerprint density at radius 1 is 1.28 bits per heavy atom. The Bertz CT molecular complexity index is 1120. The maximum Gasteiger partial charge on any atom is 0.302 e. The zero-order valence-electron chi connectivity index (χ0n) is 16.2. The summed E-state index contributed by atoms with van der Waals surface area (Å²) < 4.78 is 5.62. The van der Waals surface area contributed by atoms with Crippen molar-refractivity contribution in [3.05, 3.63) is 57.6 Å². The van der Waals surface area contributed by atoms with Crippen molar-refractivity contribution < 1.29 is 19.6 Å². The van der Waals surface area contributed by atoms with Gasteiger partial charge in [0.1, 0.15) is 5.75 Å². The van der Waals surface area contributed by atoms with Gasteiger partial charge >= 0.3 is 5.91 Å². The van der Waals surface area contributed by atoms with E-state index in [1.54, 1.807) is 0 Å². The summed E-state index contributed by atoms with van der Waals surface area (Å²) in [7, 11) is 0. The Balaban J connectivity index is 1.78. The van der Waals surface area contributed by atoms with Gasteiger partial charge in [-0.3, -0.25) is 14.9 Å². The van der Waals surface area contributed by atoms with Gasteiger partial charge in [0.15, 0.2) is 12.3 Å². The van der Waals surface area contributed by atoms with Gasteiger partial charge in [-0.05, 0) is 36.1 Å². The second-order valence-electron chi connectivity index (χ2n) is 6.89. The zero-order chi connectivity index (χ0) is 21.1. The van der Waals surface area contributed by atoms with Crippen LogP contribution in [0.25, 0.3) is 10.9 Å². The van der Waals surface area contributed by atoms with Gasteiger partial charge in [-0.15, -0.1) is 10.2 Å². The molecule has 1 amide bonds. The number of azo groups is 1. The quantitative estimate of drug-likeness (QED) is 0.347. The van der Waals surface area contributed by atoms with Gasteiger partial charge in [-0.1, -0.05) is 26.0 Å². The maximum atomic E-state index is 12.1. The molecule has 0 aliphatic heterocycles. The summed E-state index contributed by atoms with van der Waals surface area (Å²) in [5.74, 6) is -0.158. The van der Waals surface area contributed by atoms with Crippen LogP contribution >= 0.6 is 0 Å². The molecule has 0 fully saturated rings. The molecule has 0 spiro atoms. The number of benzene rings is 2. The smallest absolute Gasteiger partial charge is 0.302 e. The lowest BCUT2D eigenvalue weighted by Gasteiger charge is -2.13. The second kappa shape index (κ2) is 8.09. The minimum atomic E-state index is -0.652. The molecule has 2 N–H and O–H groups in total. The largest absolute Gasteiger partial charge is 0.493 e. The van der Waals surface area contributed by atoms with E-state index in [1.807, 2.05) is 39.0 Å². The average molecular weight is 396 g/mol. The number of amides is 1. The molecule has 0 aliphatic rings. The highest BCUT2D eigenvalue weighted by molar-refractivity contribution is 5.95. The van der Waals surface area contributed by atoms with Crippen molar-refractivity contribution in [2.75, 3.05) is 6.61 Å². The number of H-pyrrole nitrogens is 1. The van der Waals surface area contributed by atoms with Crippen LogP contribution in [0.2, 0.25) is 0 Å². The molecular weight excluding hydrogens is 376 g/mol. The highest BCUT2D eigenvalue weighted by Gasteiger charge is 2.16. The summed E-state index contributed by atoms with van der Waals surface area (Å²) in [5.41, 5.74) is 2.21. The van der Waals surface area contributed by atoms with Crippen molar-refractivity contribution in [3.8, 4) is 11.6 Å². The van der Waals surface area contributed by atoms with Gasteiger partial charge < -0.3 is 14.8 Å². The molecule has 150 valence electrons. The lowest BCUT2D eigenvalue weighted by Crippen LogP contribution is -2.09. The Hall–Kier alpha value is -3.75. The third-order valence-corrected chi connectivity index (χ3v) is 4.35. The summed E-state index contributed by atoms with van der Waals surface area (Å²) >= 11 is 0. The Morgan fingerprint density at radius 2 is 2.03 bits per heavy atom. The van der Waals surface area contributed by atoms with Crippen molar-refractivity contribution >= 4 is 28.2 Å². The highest BCUT2D eigenvalue weighted by Crippen LogP contribution is 2.37. The molecule has 1 heterocycles. The van der Waals surface area contributed by atoms with Crippen LogP contribution < -0.4 is 4.74 Å². The number of carbonyl (C=O) groups excluding carboxylic acids is 1. The Kier molecular flexibility index (Phi) is 5.58. The van der Waals surface area contributed by atoms with E-state index in [0.717, 1.165) is 11.1 Å². The van der Waals surface area contributed by atoms with Crippen molar-refractivity contribution in [1.29, 1.82) is 0 Å². The predicted octanol–water partition coefficient (Wildman–Crippen LogP) is 4.90. The predicted molar refractivity (Wildman–Crippen MR) is 107 cm³/mol. The van der Waals surface area contributed by atoms with Crippen LogP contribution in [0.15, 0.2) is 46.6 Å². The summed E-state index contributed by atoms with van der Waals surface area (Å²) in [6.07, 6.45) is 0. The fourth-order valence-electron chi connectivity index (χ4n) is 2.88. The van der Waals surface area contributed by atoms with E-state index in [9.17, 15) is 20.0 Å². The fraction of sp³-hybridized carbons (Fsp3) is 0.250. The SMILES string of the molecule is Cc1ccc(C(C)C)c(OCC(=O)N=Nc2c(O)[nH]c3ccc([N+](=O)[O-])cc23)c1. The number of aromatic amines is 1. The number of hydrogen-bond donors (Lipinski definition) is 2. The number of carbonyl (C=O) groups is 1. The Morgan fingerprint density at radius 3 is 2.72 bits per heavy atom. The molecule has 0 radical (unpaired) electrons. The molecule has 9 heteroatoms. The topological polar surface area (TPSA) is 130 Å². The molecule has 2 aromatic carbocycles. The molecule has 0 aliphatic carbocycles. The van der Waals surface area contributed by atoms with Crippen molar-refractivity contribution in [2.24, 2.45) is 10.2 Å². The summed E-state index contributed by atoms with van der Waals surface area (Å²) in [4.78, 5) is 25.2. The van der Waals surface area contributed by atoms with E-state index in [2.05, 4.69) is 15.2 Å². The van der Waals surface area contributed by atoms with Gasteiger partial charge in [0.2, 0.25) is 5.88 Å². The fourth-order valence-corrected chi connectivity index (χ4v) is 2.88. The minimum Gasteiger partial charge on any atom is -0.493 e. The number of nitro groups is 1. The lowest BCUT2D eigenvalue weighted by molar-refractivity contribution is -0.384. The van der Waals surface area contributed by atoms with Crippen molar-refractivity contribution in [1.82, 2.24) is 4.98 Å². The van der Waals surface area contributed by atoms with Gasteiger partial charge in [0.05, 0.1) is 10.4 Å². The number of aryl methyl sites for hydroxylation is 1. The van der Waals surface area contributed by atoms with E-state index in [1.165, 1.54) is 18.2 Å². The Labute approximate surface area is 166 Å². The van der Waals surface area contributed by atoms with E-state index < -0.39 is 10.8 Å². The second-order valence-corrected chi connectivity index (χ2v) is 6.89. The molecule has 29 heavy (non-hydrogen) atoms. The lowest BCUT2D eigenvalue weighted by atomic mass is 10.0. The first-order valence-corrected chi connectivity index (χ1v) is 8.93. The monoisotopic (exact) mass is 396 g/mol. The van der Waals surface area contributed by atoms with E-state index in [0.29, 0.717) is 11.3 Å². The van der Waals surface area contributed by atoms with E-state index >= 15 is 0 Å². The highest BCUT2D eigenvalue weighted by atomic mass is 16.6. The molecule has 0 unspecified atom stereocenters. The summed E-state index contributed by atoms with van der Waals surface area (Å²) in [6, 6.07) is 9.78. The van der Waals surface area contributed by atoms with Crippen molar-refractivity contribution in [3.63, 3.8) is 0 Å². The molecule has 9 nitrogen and oxygen atoms in total. The first-order valence-electron chi connectivity index (χ1n) is 8.93. The molecule has 1 aromatic heterocycles. The van der Waals surface area contributed by atoms with Crippen molar-refractivity contribution in [2.45, 2.75) is 26.7 Å². The van der Waals surface area contributed by atoms with Crippen LogP contribution in [0.4, 0.5) is 11.4 Å². The van der Waals surface area contributed by atoms with Crippen LogP contribution in [0, 0.1) is 17.0 Å². The van der Waals surface area contributed by atoms with Crippen LogP contribution in [-0.4, -0.2) is 27.5 Å². The molecule has 0 saturated heterocycles. The van der Waals surface area contributed by atoms with Gasteiger partial charge in [-0.25, -0.2) is 0 Å². The number of ether oxygens (including phenoxy) is 1. The number of fused-ring (bicyclic) bond motifs is 1. The molecule has 3 aromatic rings. The van der Waals surface area contributed by atoms with E-state index in [-0.39, 0.29) is 35.2 Å². The normalized spacial score (nSPS) is 11.4. The number of aromatic nitrogens is 1. The number of rotatable bonds is 6. The first-order chi connectivity index (χ1) is 13.8. The number of nitrogens with zero attached hydrogens (tertiary/aromatic N) is 3. The van der Waals surface area contributed by atoms with Gasteiger partial charge in [0.25, 0.3) is 5.69 Å². The van der Waals surface area contributed by atoms with Gasteiger partial charge in [0, 0.05) is 17.5 Å². The third-order valence-electron chi connectivity index (χ3n) is 4.35. The molecule has 0 bridgehead atoms. The number of aromatic hydroxyl groups is 1. The first kappa shape index (κ1) is 20.0. The number of nitrogens with one attached hydrogen (secondary N) is 1. The van der Waals surface area contributed by atoms with Gasteiger partial charge in [-0.2, -0.15) is 0 Å². The number of non-ortho nitro benzene ring substituents is 1. The minimum absolute atomic E-state index is 0.0459. The van der Waals surface area contributed by atoms with E-state index in [4.69, 9.17) is 4.74 Å². The summed E-state index contributed by atoms with van der Waals surface area (Å²) in [6.45, 7) is 5.66. The molecule has 0 atom stereocenters.